The van der Waals surface area contributed by atoms with Crippen molar-refractivity contribution in [3.63, 3.8) is 0 Å². The second-order valence-corrected chi connectivity index (χ2v) is 7.33. The lowest BCUT2D eigenvalue weighted by atomic mass is 10.0. The van der Waals surface area contributed by atoms with Gasteiger partial charge in [0.25, 0.3) is 11.6 Å². The van der Waals surface area contributed by atoms with Gasteiger partial charge in [0.2, 0.25) is 0 Å². The van der Waals surface area contributed by atoms with Gasteiger partial charge in [-0.05, 0) is 36.2 Å². The van der Waals surface area contributed by atoms with Crippen LogP contribution in [0.4, 0.5) is 10.7 Å². The third kappa shape index (κ3) is 2.77. The first kappa shape index (κ1) is 16.0. The van der Waals surface area contributed by atoms with E-state index in [1.54, 1.807) is 23.5 Å². The van der Waals surface area contributed by atoms with Crippen molar-refractivity contribution >= 4 is 27.9 Å². The van der Waals surface area contributed by atoms with Gasteiger partial charge in [0.05, 0.1) is 10.5 Å². The SMILES string of the molecule is CCN1CCc2c(sc3c2C(=O)N[C@H](c2ccc([N+](=O)[O-])cc2)N3)C1. The summed E-state index contributed by atoms with van der Waals surface area (Å²) < 4.78 is 0. The van der Waals surface area contributed by atoms with Gasteiger partial charge in [-0.15, -0.1) is 11.3 Å². The van der Waals surface area contributed by atoms with Crippen molar-refractivity contribution < 1.29 is 9.72 Å². The molecule has 25 heavy (non-hydrogen) atoms. The van der Waals surface area contributed by atoms with E-state index in [1.165, 1.54) is 17.0 Å². The molecule has 2 N–H and O–H groups in total. The van der Waals surface area contributed by atoms with Crippen LogP contribution in [0.1, 0.15) is 39.5 Å². The van der Waals surface area contributed by atoms with Crippen LogP contribution >= 0.6 is 11.3 Å². The van der Waals surface area contributed by atoms with Crippen molar-refractivity contribution in [2.75, 3.05) is 18.4 Å². The summed E-state index contributed by atoms with van der Waals surface area (Å²) in [5.74, 6) is -0.0699. The van der Waals surface area contributed by atoms with Crippen LogP contribution in [0.3, 0.4) is 0 Å². The van der Waals surface area contributed by atoms with Crippen molar-refractivity contribution in [2.24, 2.45) is 0 Å². The fraction of sp³-hybridized carbons (Fsp3) is 0.353. The predicted octanol–water partition coefficient (Wildman–Crippen LogP) is 2.89. The van der Waals surface area contributed by atoms with Crippen molar-refractivity contribution in [2.45, 2.75) is 26.1 Å². The number of fused-ring (bicyclic) bond motifs is 3. The number of nitrogens with one attached hydrogen (secondary N) is 2. The highest BCUT2D eigenvalue weighted by Gasteiger charge is 2.33. The Morgan fingerprint density at radius 2 is 2.08 bits per heavy atom. The van der Waals surface area contributed by atoms with Crippen molar-refractivity contribution in [1.29, 1.82) is 0 Å². The maximum absolute atomic E-state index is 12.7. The van der Waals surface area contributed by atoms with Crippen LogP contribution < -0.4 is 10.6 Å². The molecule has 0 spiro atoms. The minimum Gasteiger partial charge on any atom is -0.353 e. The number of carbonyl (C=O) groups is 1. The average Bonchev–Trinajstić information content (AvgIpc) is 2.99. The number of thiophene rings is 1. The van der Waals surface area contributed by atoms with E-state index >= 15 is 0 Å². The Labute approximate surface area is 148 Å². The van der Waals surface area contributed by atoms with Crippen LogP contribution in [-0.4, -0.2) is 28.8 Å². The second kappa shape index (κ2) is 6.12. The number of nitrogens with zero attached hydrogens (tertiary/aromatic N) is 2. The number of carbonyl (C=O) groups excluding carboxylic acids is 1. The Bertz CT molecular complexity index is 846. The summed E-state index contributed by atoms with van der Waals surface area (Å²) in [6.07, 6.45) is 0.523. The van der Waals surface area contributed by atoms with E-state index in [9.17, 15) is 14.9 Å². The number of hydrogen-bond acceptors (Lipinski definition) is 6. The molecule has 2 aliphatic heterocycles. The molecule has 7 nitrogen and oxygen atoms in total. The summed E-state index contributed by atoms with van der Waals surface area (Å²) >= 11 is 1.65. The number of rotatable bonds is 3. The molecule has 0 radical (unpaired) electrons. The highest BCUT2D eigenvalue weighted by Crippen LogP contribution is 2.40. The molecule has 0 unspecified atom stereocenters. The molecule has 1 aromatic heterocycles. The Hall–Kier alpha value is -2.45. The molecule has 2 aliphatic rings. The minimum atomic E-state index is -0.429. The van der Waals surface area contributed by atoms with Gasteiger partial charge in [0, 0.05) is 30.1 Å². The fourth-order valence-electron chi connectivity index (χ4n) is 3.39. The van der Waals surface area contributed by atoms with Crippen LogP contribution in [0.5, 0.6) is 0 Å². The Morgan fingerprint density at radius 1 is 1.32 bits per heavy atom. The zero-order valence-corrected chi connectivity index (χ0v) is 14.6. The molecule has 3 heterocycles. The van der Waals surface area contributed by atoms with Gasteiger partial charge in [0.1, 0.15) is 11.2 Å². The van der Waals surface area contributed by atoms with Gasteiger partial charge in [-0.25, -0.2) is 0 Å². The Morgan fingerprint density at radius 3 is 2.76 bits per heavy atom. The first-order chi connectivity index (χ1) is 12.1. The lowest BCUT2D eigenvalue weighted by molar-refractivity contribution is -0.384. The summed E-state index contributed by atoms with van der Waals surface area (Å²) in [4.78, 5) is 26.6. The van der Waals surface area contributed by atoms with Crippen LogP contribution in [0, 0.1) is 10.1 Å². The van der Waals surface area contributed by atoms with Gasteiger partial charge in [-0.1, -0.05) is 6.92 Å². The summed E-state index contributed by atoms with van der Waals surface area (Å²) in [6, 6.07) is 6.26. The zero-order chi connectivity index (χ0) is 17.6. The molecule has 8 heteroatoms. The molecule has 4 rings (SSSR count). The smallest absolute Gasteiger partial charge is 0.269 e. The fourth-order valence-corrected chi connectivity index (χ4v) is 4.71. The monoisotopic (exact) mass is 358 g/mol. The maximum Gasteiger partial charge on any atom is 0.269 e. The van der Waals surface area contributed by atoms with Crippen LogP contribution in [0.2, 0.25) is 0 Å². The molecule has 0 aliphatic carbocycles. The van der Waals surface area contributed by atoms with Gasteiger partial charge >= 0.3 is 0 Å². The summed E-state index contributed by atoms with van der Waals surface area (Å²) in [5.41, 5.74) is 2.77. The first-order valence-corrected chi connectivity index (χ1v) is 9.07. The summed E-state index contributed by atoms with van der Waals surface area (Å²) in [5, 5.41) is 18.0. The van der Waals surface area contributed by atoms with E-state index in [0.717, 1.165) is 47.7 Å². The lowest BCUT2D eigenvalue weighted by Gasteiger charge is -2.28. The second-order valence-electron chi connectivity index (χ2n) is 6.23. The van der Waals surface area contributed by atoms with Crippen LogP contribution in [0.15, 0.2) is 24.3 Å². The molecule has 130 valence electrons. The normalized spacial score (nSPS) is 19.6. The number of anilines is 1. The topological polar surface area (TPSA) is 87.5 Å². The van der Waals surface area contributed by atoms with E-state index in [0.29, 0.717) is 0 Å². The molecule has 0 saturated heterocycles. The number of nitro groups is 1. The van der Waals surface area contributed by atoms with Crippen molar-refractivity contribution in [1.82, 2.24) is 10.2 Å². The van der Waals surface area contributed by atoms with E-state index < -0.39 is 4.92 Å². The van der Waals surface area contributed by atoms with E-state index in [4.69, 9.17) is 0 Å². The number of hydrogen-bond donors (Lipinski definition) is 2. The number of non-ortho nitro benzene ring substituents is 1. The van der Waals surface area contributed by atoms with Crippen molar-refractivity contribution in [3.8, 4) is 0 Å². The molecule has 1 aromatic carbocycles. The summed E-state index contributed by atoms with van der Waals surface area (Å²) in [6.45, 7) is 5.02. The Balaban J connectivity index is 1.62. The molecule has 0 fully saturated rings. The average molecular weight is 358 g/mol. The minimum absolute atomic E-state index is 0.0396. The molecule has 1 amide bonds. The first-order valence-electron chi connectivity index (χ1n) is 8.25. The third-order valence-electron chi connectivity index (χ3n) is 4.80. The number of amides is 1. The van der Waals surface area contributed by atoms with E-state index in [1.807, 2.05) is 0 Å². The quantitative estimate of drug-likeness (QED) is 0.651. The maximum atomic E-state index is 12.7. The Kier molecular flexibility index (Phi) is 3.93. The standard InChI is InChI=1S/C17H18N4O3S/c1-2-20-8-7-12-13(9-20)25-17-14(12)16(22)18-15(19-17)10-3-5-11(6-4-10)21(23)24/h3-6,15,19H,2,7-9H2,1H3,(H,18,22)/t15-/m0/s1. The summed E-state index contributed by atoms with van der Waals surface area (Å²) in [7, 11) is 0. The molecule has 1 atom stereocenters. The largest absolute Gasteiger partial charge is 0.353 e. The molecule has 0 bridgehead atoms. The lowest BCUT2D eigenvalue weighted by Crippen LogP contribution is -2.38. The highest BCUT2D eigenvalue weighted by atomic mass is 32.1. The molecular formula is C17H18N4O3S. The number of likely N-dealkylation sites (N-methyl/N-ethyl adjacent to an activating group) is 1. The molecule has 2 aromatic rings. The third-order valence-corrected chi connectivity index (χ3v) is 5.95. The van der Waals surface area contributed by atoms with Crippen molar-refractivity contribution in [3.05, 3.63) is 55.9 Å². The zero-order valence-electron chi connectivity index (χ0n) is 13.7. The van der Waals surface area contributed by atoms with Gasteiger partial charge in [-0.3, -0.25) is 19.8 Å². The molecular weight excluding hydrogens is 340 g/mol. The van der Waals surface area contributed by atoms with Crippen LogP contribution in [0.25, 0.3) is 0 Å². The molecule has 0 saturated carbocycles. The van der Waals surface area contributed by atoms with E-state index in [2.05, 4.69) is 22.5 Å². The number of nitro benzene ring substituents is 1. The number of benzene rings is 1. The van der Waals surface area contributed by atoms with Gasteiger partial charge in [0.15, 0.2) is 0 Å². The van der Waals surface area contributed by atoms with Crippen LogP contribution in [-0.2, 0) is 13.0 Å². The highest BCUT2D eigenvalue weighted by molar-refractivity contribution is 7.16. The van der Waals surface area contributed by atoms with Gasteiger partial charge in [-0.2, -0.15) is 0 Å². The van der Waals surface area contributed by atoms with E-state index in [-0.39, 0.29) is 17.8 Å². The van der Waals surface area contributed by atoms with Gasteiger partial charge < -0.3 is 10.6 Å². The predicted molar refractivity (Wildman–Crippen MR) is 95.9 cm³/mol.